The van der Waals surface area contributed by atoms with Gasteiger partial charge in [0, 0.05) is 36.9 Å². The van der Waals surface area contributed by atoms with Crippen molar-refractivity contribution in [1.82, 2.24) is 9.80 Å². The first-order valence-electron chi connectivity index (χ1n) is 9.67. The first-order chi connectivity index (χ1) is 13.8. The van der Waals surface area contributed by atoms with E-state index in [0.717, 1.165) is 11.1 Å². The number of amides is 2. The molecule has 3 rings (SSSR count). The number of carbonyl (C=O) groups is 2. The largest absolute Gasteiger partial charge is 0.340 e. The van der Waals surface area contributed by atoms with E-state index in [1.807, 2.05) is 19.9 Å². The van der Waals surface area contributed by atoms with Crippen molar-refractivity contribution in [3.8, 4) is 0 Å². The Morgan fingerprint density at radius 3 is 2.41 bits per heavy atom. The zero-order chi connectivity index (χ0) is 21.0. The number of carbonyl (C=O) groups excluding carboxylic acids is 2. The second kappa shape index (κ2) is 9.37. The summed E-state index contributed by atoms with van der Waals surface area (Å²) in [6, 6.07) is 11.1. The van der Waals surface area contributed by atoms with Gasteiger partial charge in [-0.1, -0.05) is 29.8 Å². The number of piperazine rings is 1. The molecule has 0 radical (unpaired) electrons. The molecule has 0 bridgehead atoms. The highest BCUT2D eigenvalue weighted by Crippen LogP contribution is 2.23. The summed E-state index contributed by atoms with van der Waals surface area (Å²) >= 11 is 6.12. The summed E-state index contributed by atoms with van der Waals surface area (Å²) < 4.78 is 13.0. The van der Waals surface area contributed by atoms with Gasteiger partial charge in [-0.2, -0.15) is 0 Å². The summed E-state index contributed by atoms with van der Waals surface area (Å²) in [6.45, 7) is 6.11. The van der Waals surface area contributed by atoms with Crippen LogP contribution < -0.4 is 5.32 Å². The molecule has 7 heteroatoms. The van der Waals surface area contributed by atoms with Gasteiger partial charge in [0.2, 0.25) is 11.8 Å². The molecule has 5 nitrogen and oxygen atoms in total. The topological polar surface area (TPSA) is 52.7 Å². The van der Waals surface area contributed by atoms with Crippen LogP contribution in [0.3, 0.4) is 0 Å². The van der Waals surface area contributed by atoms with E-state index in [9.17, 15) is 14.0 Å². The number of nitrogens with one attached hydrogen (secondary N) is 1. The van der Waals surface area contributed by atoms with Gasteiger partial charge in [-0.25, -0.2) is 4.39 Å². The van der Waals surface area contributed by atoms with Crippen molar-refractivity contribution in [1.29, 1.82) is 0 Å². The highest BCUT2D eigenvalue weighted by molar-refractivity contribution is 6.31. The Labute approximate surface area is 175 Å². The van der Waals surface area contributed by atoms with E-state index in [1.54, 1.807) is 29.2 Å². The predicted octanol–water partition coefficient (Wildman–Crippen LogP) is 3.50. The van der Waals surface area contributed by atoms with Crippen LogP contribution in [0.15, 0.2) is 42.5 Å². The maximum absolute atomic E-state index is 13.0. The lowest BCUT2D eigenvalue weighted by Crippen LogP contribution is -2.54. The third kappa shape index (κ3) is 5.34. The number of rotatable bonds is 5. The number of benzene rings is 2. The van der Waals surface area contributed by atoms with Gasteiger partial charge in [-0.15, -0.1) is 0 Å². The smallest absolute Gasteiger partial charge is 0.241 e. The second-order valence-electron chi connectivity index (χ2n) is 7.30. The summed E-state index contributed by atoms with van der Waals surface area (Å²) in [7, 11) is 0. The van der Waals surface area contributed by atoms with Crippen molar-refractivity contribution in [2.24, 2.45) is 0 Å². The molecule has 2 amide bonds. The first-order valence-corrected chi connectivity index (χ1v) is 10.0. The van der Waals surface area contributed by atoms with Crippen LogP contribution in [0, 0.1) is 12.7 Å². The Balaban J connectivity index is 1.51. The van der Waals surface area contributed by atoms with E-state index >= 15 is 0 Å². The molecule has 1 heterocycles. The van der Waals surface area contributed by atoms with Crippen LogP contribution in [0.2, 0.25) is 5.02 Å². The molecule has 1 fully saturated rings. The summed E-state index contributed by atoms with van der Waals surface area (Å²) in [6.07, 6.45) is 0.254. The third-order valence-corrected chi connectivity index (χ3v) is 5.80. The lowest BCUT2D eigenvalue weighted by atomic mass is 10.1. The SMILES string of the molecule is Cc1c(Cl)cccc1NC(=O)C(C)N1CCN(C(=O)Cc2ccc(F)cc2)CC1. The Morgan fingerprint density at radius 1 is 1.10 bits per heavy atom. The second-order valence-corrected chi connectivity index (χ2v) is 7.70. The fraction of sp³-hybridized carbons (Fsp3) is 0.364. The number of halogens is 2. The highest BCUT2D eigenvalue weighted by atomic mass is 35.5. The molecule has 2 aromatic carbocycles. The predicted molar refractivity (Wildman–Crippen MR) is 113 cm³/mol. The van der Waals surface area contributed by atoms with Gasteiger partial charge in [0.15, 0.2) is 0 Å². The van der Waals surface area contributed by atoms with E-state index in [1.165, 1.54) is 12.1 Å². The quantitative estimate of drug-likeness (QED) is 0.810. The fourth-order valence-electron chi connectivity index (χ4n) is 3.39. The lowest BCUT2D eigenvalue weighted by molar-refractivity contribution is -0.133. The average Bonchev–Trinajstić information content (AvgIpc) is 2.72. The summed E-state index contributed by atoms with van der Waals surface area (Å²) in [5.74, 6) is -0.389. The lowest BCUT2D eigenvalue weighted by Gasteiger charge is -2.37. The monoisotopic (exact) mass is 417 g/mol. The maximum atomic E-state index is 13.0. The molecule has 1 unspecified atom stereocenters. The van der Waals surface area contributed by atoms with Crippen LogP contribution in [0.25, 0.3) is 0 Å². The fourth-order valence-corrected chi connectivity index (χ4v) is 3.57. The van der Waals surface area contributed by atoms with Crippen LogP contribution in [0.4, 0.5) is 10.1 Å². The minimum absolute atomic E-state index is 0.0166. The molecule has 1 N–H and O–H groups in total. The summed E-state index contributed by atoms with van der Waals surface area (Å²) in [5.41, 5.74) is 2.34. The van der Waals surface area contributed by atoms with Crippen LogP contribution >= 0.6 is 11.6 Å². The van der Waals surface area contributed by atoms with Gasteiger partial charge in [-0.3, -0.25) is 14.5 Å². The van der Waals surface area contributed by atoms with E-state index < -0.39 is 0 Å². The van der Waals surface area contributed by atoms with Crippen molar-refractivity contribution in [3.63, 3.8) is 0 Å². The molecule has 1 saturated heterocycles. The van der Waals surface area contributed by atoms with Gasteiger partial charge < -0.3 is 10.2 Å². The number of hydrogen-bond acceptors (Lipinski definition) is 3. The Kier molecular flexibility index (Phi) is 6.87. The molecule has 154 valence electrons. The zero-order valence-electron chi connectivity index (χ0n) is 16.6. The first kappa shape index (κ1) is 21.3. The van der Waals surface area contributed by atoms with Gasteiger partial charge >= 0.3 is 0 Å². The number of hydrogen-bond donors (Lipinski definition) is 1. The van der Waals surface area contributed by atoms with Crippen molar-refractivity contribution >= 4 is 29.1 Å². The van der Waals surface area contributed by atoms with E-state index in [-0.39, 0.29) is 30.1 Å². The number of anilines is 1. The van der Waals surface area contributed by atoms with E-state index in [2.05, 4.69) is 10.2 Å². The Hall–Kier alpha value is -2.44. The van der Waals surface area contributed by atoms with Crippen LogP contribution in [0.1, 0.15) is 18.1 Å². The molecule has 1 aliphatic heterocycles. The highest BCUT2D eigenvalue weighted by Gasteiger charge is 2.27. The molecule has 29 heavy (non-hydrogen) atoms. The molecule has 0 aliphatic carbocycles. The summed E-state index contributed by atoms with van der Waals surface area (Å²) in [5, 5.41) is 3.56. The van der Waals surface area contributed by atoms with Crippen molar-refractivity contribution in [3.05, 3.63) is 64.4 Å². The van der Waals surface area contributed by atoms with E-state index in [0.29, 0.717) is 36.9 Å². The zero-order valence-corrected chi connectivity index (χ0v) is 17.4. The average molecular weight is 418 g/mol. The molecule has 2 aromatic rings. The van der Waals surface area contributed by atoms with Crippen LogP contribution in [-0.4, -0.2) is 53.8 Å². The minimum Gasteiger partial charge on any atom is -0.340 e. The third-order valence-electron chi connectivity index (χ3n) is 5.39. The van der Waals surface area contributed by atoms with Gasteiger partial charge in [0.25, 0.3) is 0 Å². The van der Waals surface area contributed by atoms with Gasteiger partial charge in [0.05, 0.1) is 12.5 Å². The maximum Gasteiger partial charge on any atom is 0.241 e. The number of nitrogens with zero attached hydrogens (tertiary/aromatic N) is 2. The Bertz CT molecular complexity index is 880. The van der Waals surface area contributed by atoms with Crippen LogP contribution in [0.5, 0.6) is 0 Å². The molecule has 1 aliphatic rings. The molecule has 1 atom stereocenters. The summed E-state index contributed by atoms with van der Waals surface area (Å²) in [4.78, 5) is 29.0. The molecule has 0 spiro atoms. The van der Waals surface area contributed by atoms with Gasteiger partial charge in [-0.05, 0) is 49.2 Å². The van der Waals surface area contributed by atoms with Crippen molar-refractivity contribution < 1.29 is 14.0 Å². The Morgan fingerprint density at radius 2 is 1.76 bits per heavy atom. The molecular weight excluding hydrogens is 393 g/mol. The van der Waals surface area contributed by atoms with E-state index in [4.69, 9.17) is 11.6 Å². The molecule has 0 aromatic heterocycles. The van der Waals surface area contributed by atoms with Crippen LogP contribution in [-0.2, 0) is 16.0 Å². The van der Waals surface area contributed by atoms with Gasteiger partial charge in [0.1, 0.15) is 5.82 Å². The molecule has 0 saturated carbocycles. The molecular formula is C22H25ClFN3O2. The standard InChI is InChI=1S/C22H25ClFN3O2/c1-15-19(23)4-3-5-20(15)25-22(29)16(2)26-10-12-27(13-11-26)21(28)14-17-6-8-18(24)9-7-17/h3-9,16H,10-14H2,1-2H3,(H,25,29). The minimum atomic E-state index is -0.317. The van der Waals surface area contributed by atoms with Crippen molar-refractivity contribution in [2.45, 2.75) is 26.3 Å². The van der Waals surface area contributed by atoms with Crippen molar-refractivity contribution in [2.75, 3.05) is 31.5 Å². The normalized spacial score (nSPS) is 15.8.